The van der Waals surface area contributed by atoms with Gasteiger partial charge in [-0.3, -0.25) is 14.5 Å². The predicted molar refractivity (Wildman–Crippen MR) is 138 cm³/mol. The van der Waals surface area contributed by atoms with Crippen molar-refractivity contribution in [3.05, 3.63) is 102 Å². The summed E-state index contributed by atoms with van der Waals surface area (Å²) in [5.74, 6) is 0.134. The Morgan fingerprint density at radius 3 is 2.17 bits per heavy atom. The SMILES string of the molecule is O=C(NCCN1CCOCC1)[C@H](c1ccccc1)N(Cc1ccccc1)C(=O)COc1ccccc1. The van der Waals surface area contributed by atoms with Gasteiger partial charge in [0.2, 0.25) is 5.91 Å². The molecule has 1 N–H and O–H groups in total. The van der Waals surface area contributed by atoms with Crippen molar-refractivity contribution in [1.82, 2.24) is 15.1 Å². The molecule has 3 aromatic carbocycles. The number of nitrogens with zero attached hydrogens (tertiary/aromatic N) is 2. The number of ether oxygens (including phenoxy) is 2. The molecule has 1 aliphatic rings. The molecule has 0 bridgehead atoms. The highest BCUT2D eigenvalue weighted by atomic mass is 16.5. The zero-order valence-corrected chi connectivity index (χ0v) is 20.4. The summed E-state index contributed by atoms with van der Waals surface area (Å²) < 4.78 is 11.2. The van der Waals surface area contributed by atoms with E-state index in [1.807, 2.05) is 91.0 Å². The number of para-hydroxylation sites is 1. The summed E-state index contributed by atoms with van der Waals surface area (Å²) in [6.07, 6.45) is 0. The smallest absolute Gasteiger partial charge is 0.261 e. The third-order valence-electron chi connectivity index (χ3n) is 6.13. The third kappa shape index (κ3) is 7.41. The summed E-state index contributed by atoms with van der Waals surface area (Å²) in [7, 11) is 0. The zero-order valence-electron chi connectivity index (χ0n) is 20.4. The number of benzene rings is 3. The van der Waals surface area contributed by atoms with E-state index in [0.29, 0.717) is 25.5 Å². The molecule has 1 saturated heterocycles. The van der Waals surface area contributed by atoms with E-state index in [-0.39, 0.29) is 25.0 Å². The first-order chi connectivity index (χ1) is 17.7. The number of amides is 2. The predicted octanol–water partition coefficient (Wildman–Crippen LogP) is 3.28. The maximum absolute atomic E-state index is 13.6. The van der Waals surface area contributed by atoms with E-state index >= 15 is 0 Å². The molecule has 7 heteroatoms. The third-order valence-corrected chi connectivity index (χ3v) is 6.13. The average Bonchev–Trinajstić information content (AvgIpc) is 2.94. The Labute approximate surface area is 212 Å². The first-order valence-corrected chi connectivity index (χ1v) is 12.3. The first-order valence-electron chi connectivity index (χ1n) is 12.3. The van der Waals surface area contributed by atoms with Gasteiger partial charge in [0.25, 0.3) is 5.91 Å². The van der Waals surface area contributed by atoms with Crippen molar-refractivity contribution in [2.45, 2.75) is 12.6 Å². The molecule has 0 unspecified atom stereocenters. The first kappa shape index (κ1) is 25.4. The van der Waals surface area contributed by atoms with Crippen molar-refractivity contribution in [2.75, 3.05) is 46.0 Å². The van der Waals surface area contributed by atoms with Crippen LogP contribution in [-0.4, -0.2) is 67.6 Å². The van der Waals surface area contributed by atoms with Crippen LogP contribution in [0.2, 0.25) is 0 Å². The lowest BCUT2D eigenvalue weighted by Crippen LogP contribution is -2.47. The highest BCUT2D eigenvalue weighted by Gasteiger charge is 2.31. The van der Waals surface area contributed by atoms with Gasteiger partial charge >= 0.3 is 0 Å². The minimum atomic E-state index is -0.789. The van der Waals surface area contributed by atoms with E-state index < -0.39 is 6.04 Å². The second kappa shape index (κ2) is 13.4. The monoisotopic (exact) mass is 487 g/mol. The van der Waals surface area contributed by atoms with Gasteiger partial charge < -0.3 is 19.7 Å². The minimum Gasteiger partial charge on any atom is -0.484 e. The van der Waals surface area contributed by atoms with Gasteiger partial charge in [0.15, 0.2) is 6.61 Å². The Morgan fingerprint density at radius 2 is 1.50 bits per heavy atom. The number of hydrogen-bond donors (Lipinski definition) is 1. The van der Waals surface area contributed by atoms with Crippen LogP contribution >= 0.6 is 0 Å². The van der Waals surface area contributed by atoms with Crippen molar-refractivity contribution in [2.24, 2.45) is 0 Å². The van der Waals surface area contributed by atoms with Crippen LogP contribution in [0.15, 0.2) is 91.0 Å². The molecule has 0 radical (unpaired) electrons. The van der Waals surface area contributed by atoms with Crippen molar-refractivity contribution >= 4 is 11.8 Å². The van der Waals surface area contributed by atoms with Crippen LogP contribution in [0.1, 0.15) is 17.2 Å². The second-order valence-corrected chi connectivity index (χ2v) is 8.67. The maximum atomic E-state index is 13.6. The van der Waals surface area contributed by atoms with Gasteiger partial charge in [-0.1, -0.05) is 78.9 Å². The van der Waals surface area contributed by atoms with Crippen LogP contribution in [0.4, 0.5) is 0 Å². The standard InChI is InChI=1S/C29H33N3O4/c33-27(23-36-26-14-8-3-9-15-26)32(22-24-10-4-1-5-11-24)28(25-12-6-2-7-13-25)29(34)30-16-17-31-18-20-35-21-19-31/h1-15,28H,16-23H2,(H,30,34)/t28-/m0/s1. The summed E-state index contributed by atoms with van der Waals surface area (Å²) in [5, 5.41) is 3.07. The number of rotatable bonds is 11. The lowest BCUT2D eigenvalue weighted by atomic mass is 10.0. The molecule has 0 aromatic heterocycles. The molecule has 36 heavy (non-hydrogen) atoms. The van der Waals surface area contributed by atoms with Gasteiger partial charge in [0.05, 0.1) is 13.2 Å². The molecule has 188 valence electrons. The van der Waals surface area contributed by atoms with Crippen molar-refractivity contribution in [1.29, 1.82) is 0 Å². The zero-order chi connectivity index (χ0) is 25.0. The van der Waals surface area contributed by atoms with Crippen LogP contribution in [0.5, 0.6) is 5.75 Å². The lowest BCUT2D eigenvalue weighted by Gasteiger charge is -2.32. The van der Waals surface area contributed by atoms with Gasteiger partial charge in [0, 0.05) is 32.7 Å². The van der Waals surface area contributed by atoms with E-state index in [2.05, 4.69) is 10.2 Å². The molecule has 2 amide bonds. The maximum Gasteiger partial charge on any atom is 0.261 e. The van der Waals surface area contributed by atoms with Crippen LogP contribution in [0.25, 0.3) is 0 Å². The van der Waals surface area contributed by atoms with Gasteiger partial charge in [-0.2, -0.15) is 0 Å². The Balaban J connectivity index is 1.53. The minimum absolute atomic E-state index is 0.165. The Morgan fingerprint density at radius 1 is 0.889 bits per heavy atom. The highest BCUT2D eigenvalue weighted by Crippen LogP contribution is 2.24. The van der Waals surface area contributed by atoms with Gasteiger partial charge in [-0.15, -0.1) is 0 Å². The topological polar surface area (TPSA) is 71.1 Å². The van der Waals surface area contributed by atoms with E-state index in [1.165, 1.54) is 0 Å². The fraction of sp³-hybridized carbons (Fsp3) is 0.310. The van der Waals surface area contributed by atoms with Crippen LogP contribution in [0, 0.1) is 0 Å². The summed E-state index contributed by atoms with van der Waals surface area (Å²) in [4.78, 5) is 31.0. The fourth-order valence-electron chi connectivity index (χ4n) is 4.22. The molecule has 1 fully saturated rings. The average molecular weight is 488 g/mol. The molecule has 1 heterocycles. The molecule has 0 aliphatic carbocycles. The molecule has 0 spiro atoms. The summed E-state index contributed by atoms with van der Waals surface area (Å²) in [5.41, 5.74) is 1.69. The quantitative estimate of drug-likeness (QED) is 0.450. The number of carbonyl (C=O) groups is 2. The number of nitrogens with one attached hydrogen (secondary N) is 1. The van der Waals surface area contributed by atoms with Crippen LogP contribution < -0.4 is 10.1 Å². The fourth-order valence-corrected chi connectivity index (χ4v) is 4.22. The van der Waals surface area contributed by atoms with Crippen molar-refractivity contribution in [3.8, 4) is 5.75 Å². The summed E-state index contributed by atoms with van der Waals surface area (Å²) in [6, 6.07) is 27.6. The normalized spacial score (nSPS) is 14.6. The van der Waals surface area contributed by atoms with Crippen LogP contribution in [-0.2, 0) is 20.9 Å². The molecular weight excluding hydrogens is 454 g/mol. The van der Waals surface area contributed by atoms with Gasteiger partial charge in [0.1, 0.15) is 11.8 Å². The Hall–Kier alpha value is -3.68. The number of carbonyl (C=O) groups excluding carboxylic acids is 2. The van der Waals surface area contributed by atoms with E-state index in [4.69, 9.17) is 9.47 Å². The Kier molecular flexibility index (Phi) is 9.47. The second-order valence-electron chi connectivity index (χ2n) is 8.67. The summed E-state index contributed by atoms with van der Waals surface area (Å²) >= 11 is 0. The van der Waals surface area contributed by atoms with E-state index in [9.17, 15) is 9.59 Å². The van der Waals surface area contributed by atoms with Gasteiger partial charge in [-0.25, -0.2) is 0 Å². The molecule has 7 nitrogen and oxygen atoms in total. The lowest BCUT2D eigenvalue weighted by molar-refractivity contribution is -0.143. The molecule has 3 aromatic rings. The number of hydrogen-bond acceptors (Lipinski definition) is 5. The molecule has 0 saturated carbocycles. The number of morpholine rings is 1. The summed E-state index contributed by atoms with van der Waals surface area (Å²) in [6.45, 7) is 4.48. The molecule has 4 rings (SSSR count). The van der Waals surface area contributed by atoms with Crippen molar-refractivity contribution in [3.63, 3.8) is 0 Å². The van der Waals surface area contributed by atoms with Gasteiger partial charge in [-0.05, 0) is 23.3 Å². The van der Waals surface area contributed by atoms with Crippen molar-refractivity contribution < 1.29 is 19.1 Å². The molecule has 1 aliphatic heterocycles. The van der Waals surface area contributed by atoms with Crippen LogP contribution in [0.3, 0.4) is 0 Å². The molecule has 1 atom stereocenters. The Bertz CT molecular complexity index is 1070. The van der Waals surface area contributed by atoms with E-state index in [1.54, 1.807) is 4.90 Å². The highest BCUT2D eigenvalue weighted by molar-refractivity contribution is 5.89. The molecular formula is C29H33N3O4. The van der Waals surface area contributed by atoms with E-state index in [0.717, 1.165) is 30.8 Å². The largest absolute Gasteiger partial charge is 0.484 e.